The molecule has 2 unspecified atom stereocenters. The molecule has 3 nitrogen and oxygen atoms in total. The molecule has 0 fully saturated rings. The average Bonchev–Trinajstić information content (AvgIpc) is 2.33. The largest absolute Gasteiger partial charge is 0.328 e. The summed E-state index contributed by atoms with van der Waals surface area (Å²) in [5.74, 6) is 0.177. The molecule has 2 N–H and O–H groups in total. The maximum Gasteiger partial charge on any atom is 0.239 e. The van der Waals surface area contributed by atoms with Gasteiger partial charge in [0.15, 0.2) is 0 Å². The Labute approximate surface area is 113 Å². The molecule has 1 aliphatic heterocycles. The molecule has 1 aliphatic rings. The number of nitrogens with zero attached hydrogens (tertiary/aromatic N) is 1. The van der Waals surface area contributed by atoms with E-state index in [1.165, 1.54) is 10.5 Å². The number of hydrogen-bond donors (Lipinski definition) is 1. The molecule has 1 heterocycles. The van der Waals surface area contributed by atoms with Crippen LogP contribution >= 0.6 is 11.8 Å². The van der Waals surface area contributed by atoms with Gasteiger partial charge in [-0.05, 0) is 44.4 Å². The molecule has 0 bridgehead atoms. The van der Waals surface area contributed by atoms with Gasteiger partial charge in [0.1, 0.15) is 0 Å². The summed E-state index contributed by atoms with van der Waals surface area (Å²) in [5, 5.41) is 0.00572. The average molecular weight is 264 g/mol. The van der Waals surface area contributed by atoms with Crippen molar-refractivity contribution in [3.63, 3.8) is 0 Å². The van der Waals surface area contributed by atoms with Crippen molar-refractivity contribution in [3.05, 3.63) is 23.8 Å². The predicted octanol–water partition coefficient (Wildman–Crippen LogP) is 2.42. The van der Waals surface area contributed by atoms with Gasteiger partial charge < -0.3 is 10.6 Å². The van der Waals surface area contributed by atoms with Gasteiger partial charge in [-0.2, -0.15) is 0 Å². The number of rotatable bonds is 3. The van der Waals surface area contributed by atoms with Gasteiger partial charge in [0.05, 0.1) is 10.9 Å². The van der Waals surface area contributed by atoms with E-state index in [4.69, 9.17) is 5.73 Å². The van der Waals surface area contributed by atoms with Gasteiger partial charge in [-0.25, -0.2) is 0 Å². The maximum atomic E-state index is 11.9. The van der Waals surface area contributed by atoms with E-state index in [0.717, 1.165) is 18.5 Å². The van der Waals surface area contributed by atoms with Crippen molar-refractivity contribution in [2.45, 2.75) is 42.9 Å². The first-order chi connectivity index (χ1) is 8.49. The van der Waals surface area contributed by atoms with Crippen LogP contribution in [0, 0.1) is 0 Å². The van der Waals surface area contributed by atoms with E-state index >= 15 is 0 Å². The molecule has 1 aromatic carbocycles. The lowest BCUT2D eigenvalue weighted by Crippen LogP contribution is -2.36. The lowest BCUT2D eigenvalue weighted by Gasteiger charge is -2.29. The molecule has 0 radical (unpaired) electrons. The minimum atomic E-state index is 0.00572. The zero-order valence-corrected chi connectivity index (χ0v) is 12.0. The van der Waals surface area contributed by atoms with Crippen LogP contribution in [0.2, 0.25) is 0 Å². The number of carbonyl (C=O) groups is 1. The third-order valence-corrected chi connectivity index (χ3v) is 4.39. The van der Waals surface area contributed by atoms with E-state index in [1.807, 2.05) is 27.0 Å². The molecule has 18 heavy (non-hydrogen) atoms. The summed E-state index contributed by atoms with van der Waals surface area (Å²) >= 11 is 1.65. The van der Waals surface area contributed by atoms with Crippen molar-refractivity contribution in [2.24, 2.45) is 5.73 Å². The van der Waals surface area contributed by atoms with Crippen LogP contribution < -0.4 is 10.6 Å². The molecular formula is C14H20N2OS. The number of anilines is 1. The molecule has 2 rings (SSSR count). The topological polar surface area (TPSA) is 46.3 Å². The van der Waals surface area contributed by atoms with E-state index in [2.05, 4.69) is 12.1 Å². The van der Waals surface area contributed by atoms with Gasteiger partial charge in [0.25, 0.3) is 0 Å². The Morgan fingerprint density at radius 2 is 2.22 bits per heavy atom. The second-order valence-electron chi connectivity index (χ2n) is 4.98. The highest BCUT2D eigenvalue weighted by Gasteiger charge is 2.27. The summed E-state index contributed by atoms with van der Waals surface area (Å²) < 4.78 is 0. The first-order valence-corrected chi connectivity index (χ1v) is 7.19. The number of amides is 1. The molecule has 4 heteroatoms. The van der Waals surface area contributed by atoms with Crippen molar-refractivity contribution in [3.8, 4) is 0 Å². The number of nitrogens with two attached hydrogens (primary N) is 1. The quantitative estimate of drug-likeness (QED) is 0.912. The summed E-state index contributed by atoms with van der Waals surface area (Å²) in [6.45, 7) is 3.99. The molecule has 1 amide bonds. The van der Waals surface area contributed by atoms with Crippen LogP contribution in [-0.2, 0) is 11.2 Å². The Kier molecular flexibility index (Phi) is 3.97. The summed E-state index contributed by atoms with van der Waals surface area (Å²) in [6, 6.07) is 6.57. The van der Waals surface area contributed by atoms with Gasteiger partial charge in [-0.1, -0.05) is 6.07 Å². The summed E-state index contributed by atoms with van der Waals surface area (Å²) in [6.07, 6.45) is 1.99. The fourth-order valence-electron chi connectivity index (χ4n) is 2.11. The Morgan fingerprint density at radius 3 is 2.89 bits per heavy atom. The van der Waals surface area contributed by atoms with E-state index in [0.29, 0.717) is 0 Å². The zero-order valence-electron chi connectivity index (χ0n) is 11.1. The number of benzene rings is 1. The molecule has 0 spiro atoms. The highest BCUT2D eigenvalue weighted by molar-refractivity contribution is 8.00. The first kappa shape index (κ1) is 13.4. The van der Waals surface area contributed by atoms with Gasteiger partial charge in [-0.3, -0.25) is 4.79 Å². The molecule has 0 saturated heterocycles. The molecule has 0 saturated carbocycles. The van der Waals surface area contributed by atoms with E-state index in [9.17, 15) is 4.79 Å². The molecule has 98 valence electrons. The third-order valence-electron chi connectivity index (χ3n) is 3.26. The Balaban J connectivity index is 2.22. The van der Waals surface area contributed by atoms with Gasteiger partial charge >= 0.3 is 0 Å². The van der Waals surface area contributed by atoms with Crippen LogP contribution in [0.15, 0.2) is 23.1 Å². The highest BCUT2D eigenvalue weighted by Crippen LogP contribution is 2.38. The predicted molar refractivity (Wildman–Crippen MR) is 77.1 cm³/mol. The van der Waals surface area contributed by atoms with Crippen molar-refractivity contribution < 1.29 is 4.79 Å². The normalized spacial score (nSPS) is 20.8. The minimum absolute atomic E-state index is 0.00572. The van der Waals surface area contributed by atoms with Crippen molar-refractivity contribution in [2.75, 3.05) is 11.9 Å². The third kappa shape index (κ3) is 2.70. The number of fused-ring (bicyclic) bond motifs is 1. The van der Waals surface area contributed by atoms with Crippen LogP contribution in [0.25, 0.3) is 0 Å². The first-order valence-electron chi connectivity index (χ1n) is 6.31. The monoisotopic (exact) mass is 264 g/mol. The fourth-order valence-corrected chi connectivity index (χ4v) is 3.30. The lowest BCUT2D eigenvalue weighted by molar-refractivity contribution is -0.117. The number of carbonyl (C=O) groups excluding carboxylic acids is 1. The second kappa shape index (κ2) is 5.33. The SMILES string of the molecule is CC(N)CCc1ccc2c(c1)SC(C)C(=O)N2C. The Hall–Kier alpha value is -1.00. The minimum Gasteiger partial charge on any atom is -0.328 e. The number of aryl methyl sites for hydroxylation is 1. The molecular weight excluding hydrogens is 244 g/mol. The lowest BCUT2D eigenvalue weighted by atomic mass is 10.1. The molecule has 2 atom stereocenters. The van der Waals surface area contributed by atoms with E-state index in [1.54, 1.807) is 16.7 Å². The standard InChI is InChI=1S/C14H20N2OS/c1-9(15)4-5-11-6-7-12-13(8-11)18-10(2)14(17)16(12)3/h6-10H,4-5,15H2,1-3H3. The van der Waals surface area contributed by atoms with Crippen LogP contribution in [0.4, 0.5) is 5.69 Å². The van der Waals surface area contributed by atoms with Crippen molar-refractivity contribution >= 4 is 23.4 Å². The van der Waals surface area contributed by atoms with E-state index in [-0.39, 0.29) is 17.2 Å². The van der Waals surface area contributed by atoms with Gasteiger partial charge in [0.2, 0.25) is 5.91 Å². The Bertz CT molecular complexity index is 459. The van der Waals surface area contributed by atoms with Crippen LogP contribution in [0.3, 0.4) is 0 Å². The molecule has 0 aliphatic carbocycles. The zero-order chi connectivity index (χ0) is 13.3. The second-order valence-corrected chi connectivity index (χ2v) is 6.36. The fraction of sp³-hybridized carbons (Fsp3) is 0.500. The van der Waals surface area contributed by atoms with E-state index < -0.39 is 0 Å². The van der Waals surface area contributed by atoms with Gasteiger partial charge in [0, 0.05) is 18.0 Å². The summed E-state index contributed by atoms with van der Waals surface area (Å²) in [4.78, 5) is 14.8. The van der Waals surface area contributed by atoms with Crippen LogP contribution in [-0.4, -0.2) is 24.2 Å². The van der Waals surface area contributed by atoms with Crippen LogP contribution in [0.5, 0.6) is 0 Å². The smallest absolute Gasteiger partial charge is 0.239 e. The van der Waals surface area contributed by atoms with Gasteiger partial charge in [-0.15, -0.1) is 11.8 Å². The molecule has 1 aromatic rings. The number of hydrogen-bond acceptors (Lipinski definition) is 3. The van der Waals surface area contributed by atoms with Crippen molar-refractivity contribution in [1.82, 2.24) is 0 Å². The maximum absolute atomic E-state index is 11.9. The van der Waals surface area contributed by atoms with Crippen LogP contribution in [0.1, 0.15) is 25.8 Å². The summed E-state index contributed by atoms with van der Waals surface area (Å²) in [5.41, 5.74) is 8.10. The van der Waals surface area contributed by atoms with Crippen molar-refractivity contribution in [1.29, 1.82) is 0 Å². The molecule has 0 aromatic heterocycles. The summed E-state index contributed by atoms with van der Waals surface area (Å²) in [7, 11) is 1.85. The highest BCUT2D eigenvalue weighted by atomic mass is 32.2. The number of thioether (sulfide) groups is 1. The Morgan fingerprint density at radius 1 is 1.50 bits per heavy atom.